The topological polar surface area (TPSA) is 37.8 Å². The van der Waals surface area contributed by atoms with E-state index in [1.165, 1.54) is 0 Å². The van der Waals surface area contributed by atoms with E-state index >= 15 is 0 Å². The highest BCUT2D eigenvalue weighted by Gasteiger charge is 2.16. The van der Waals surface area contributed by atoms with Gasteiger partial charge in [0.2, 0.25) is 0 Å². The number of aromatic nitrogens is 2. The quantitative estimate of drug-likeness (QED) is 0.838. The maximum absolute atomic E-state index is 4.20. The number of hydrogen-bond donors (Lipinski definition) is 1. The monoisotopic (exact) mass is 213 g/mol. The first-order valence-electron chi connectivity index (χ1n) is 4.92. The van der Waals surface area contributed by atoms with E-state index in [1.807, 2.05) is 7.05 Å². The summed E-state index contributed by atoms with van der Waals surface area (Å²) in [7, 11) is 1.94. The van der Waals surface area contributed by atoms with Crippen LogP contribution in [0.2, 0.25) is 0 Å². The van der Waals surface area contributed by atoms with Crippen LogP contribution >= 0.6 is 11.3 Å². The van der Waals surface area contributed by atoms with Gasteiger partial charge in [0, 0.05) is 6.42 Å². The fourth-order valence-corrected chi connectivity index (χ4v) is 2.29. The van der Waals surface area contributed by atoms with Gasteiger partial charge in [0.05, 0.1) is 6.04 Å². The molecular weight excluding hydrogens is 194 g/mol. The fraction of sp³-hybridized carbons (Fsp3) is 0.800. The summed E-state index contributed by atoms with van der Waals surface area (Å²) in [6.45, 7) is 8.75. The van der Waals surface area contributed by atoms with Crippen molar-refractivity contribution in [3.63, 3.8) is 0 Å². The van der Waals surface area contributed by atoms with E-state index in [-0.39, 0.29) is 0 Å². The summed E-state index contributed by atoms with van der Waals surface area (Å²) >= 11 is 1.71. The maximum atomic E-state index is 4.20. The Kier molecular flexibility index (Phi) is 3.61. The van der Waals surface area contributed by atoms with E-state index in [9.17, 15) is 0 Å². The largest absolute Gasteiger partial charge is 0.311 e. The molecule has 0 saturated carbocycles. The Morgan fingerprint density at radius 2 is 2.00 bits per heavy atom. The van der Waals surface area contributed by atoms with Gasteiger partial charge in [-0.25, -0.2) is 0 Å². The van der Waals surface area contributed by atoms with Crippen LogP contribution in [0.15, 0.2) is 0 Å². The fourth-order valence-electron chi connectivity index (χ4n) is 1.09. The molecule has 1 heterocycles. The van der Waals surface area contributed by atoms with Crippen molar-refractivity contribution < 1.29 is 0 Å². The Hall–Kier alpha value is -0.480. The first-order chi connectivity index (χ1) is 6.42. The molecule has 1 N–H and O–H groups in total. The highest BCUT2D eigenvalue weighted by atomic mass is 32.1. The molecule has 0 aromatic carbocycles. The third kappa shape index (κ3) is 3.35. The van der Waals surface area contributed by atoms with Crippen LogP contribution in [0, 0.1) is 5.41 Å². The van der Waals surface area contributed by atoms with Gasteiger partial charge in [-0.15, -0.1) is 10.2 Å². The molecule has 1 unspecified atom stereocenters. The van der Waals surface area contributed by atoms with Crippen molar-refractivity contribution in [2.75, 3.05) is 7.05 Å². The van der Waals surface area contributed by atoms with E-state index in [0.29, 0.717) is 11.5 Å². The Morgan fingerprint density at radius 1 is 1.36 bits per heavy atom. The van der Waals surface area contributed by atoms with E-state index in [0.717, 1.165) is 16.4 Å². The molecule has 80 valence electrons. The lowest BCUT2D eigenvalue weighted by Gasteiger charge is -2.14. The summed E-state index contributed by atoms with van der Waals surface area (Å²) in [5, 5.41) is 13.8. The van der Waals surface area contributed by atoms with Crippen LogP contribution in [0.25, 0.3) is 0 Å². The summed E-state index contributed by atoms with van der Waals surface area (Å²) in [6, 6.07) is 0.307. The Bertz CT molecular complexity index is 288. The predicted molar refractivity (Wildman–Crippen MR) is 60.5 cm³/mol. The van der Waals surface area contributed by atoms with E-state index < -0.39 is 0 Å². The molecule has 0 aliphatic heterocycles. The smallest absolute Gasteiger partial charge is 0.134 e. The molecule has 0 radical (unpaired) electrons. The maximum Gasteiger partial charge on any atom is 0.134 e. The first-order valence-corrected chi connectivity index (χ1v) is 5.73. The van der Waals surface area contributed by atoms with Crippen molar-refractivity contribution in [1.82, 2.24) is 15.5 Å². The van der Waals surface area contributed by atoms with Gasteiger partial charge in [0.1, 0.15) is 10.0 Å². The van der Waals surface area contributed by atoms with Gasteiger partial charge < -0.3 is 5.32 Å². The first kappa shape index (κ1) is 11.6. The molecule has 1 aromatic heterocycles. The molecule has 0 fully saturated rings. The molecule has 0 amide bonds. The molecule has 0 aliphatic carbocycles. The second kappa shape index (κ2) is 4.36. The van der Waals surface area contributed by atoms with E-state index in [2.05, 4.69) is 43.2 Å². The molecule has 1 rings (SSSR count). The van der Waals surface area contributed by atoms with Crippen molar-refractivity contribution in [2.45, 2.75) is 40.2 Å². The van der Waals surface area contributed by atoms with Gasteiger partial charge >= 0.3 is 0 Å². The van der Waals surface area contributed by atoms with Crippen LogP contribution in [0.5, 0.6) is 0 Å². The lowest BCUT2D eigenvalue weighted by atomic mass is 9.93. The van der Waals surface area contributed by atoms with Crippen LogP contribution in [0.3, 0.4) is 0 Å². The second-order valence-electron chi connectivity index (χ2n) is 4.78. The van der Waals surface area contributed by atoms with E-state index in [1.54, 1.807) is 11.3 Å². The number of rotatable bonds is 3. The Labute approximate surface area is 89.9 Å². The molecular formula is C10H19N3S. The minimum absolute atomic E-state index is 0.291. The summed E-state index contributed by atoms with van der Waals surface area (Å²) < 4.78 is 0. The van der Waals surface area contributed by atoms with Crippen molar-refractivity contribution in [3.8, 4) is 0 Å². The molecule has 4 heteroatoms. The van der Waals surface area contributed by atoms with Crippen LogP contribution in [0.4, 0.5) is 0 Å². The Balaban J connectivity index is 2.69. The van der Waals surface area contributed by atoms with Crippen LogP contribution < -0.4 is 5.32 Å². The average Bonchev–Trinajstić information content (AvgIpc) is 2.48. The molecule has 0 bridgehead atoms. The second-order valence-corrected chi connectivity index (χ2v) is 5.88. The summed E-state index contributed by atoms with van der Waals surface area (Å²) in [5.74, 6) is 0. The van der Waals surface area contributed by atoms with Gasteiger partial charge in [0.25, 0.3) is 0 Å². The van der Waals surface area contributed by atoms with Crippen LogP contribution in [-0.4, -0.2) is 17.2 Å². The summed E-state index contributed by atoms with van der Waals surface area (Å²) in [6.07, 6.45) is 1.00. The van der Waals surface area contributed by atoms with Gasteiger partial charge in [-0.05, 0) is 19.4 Å². The molecule has 14 heavy (non-hydrogen) atoms. The SMILES string of the molecule is CNC(C)c1nnc(CC(C)(C)C)s1. The third-order valence-electron chi connectivity index (χ3n) is 1.97. The molecule has 0 spiro atoms. The normalized spacial score (nSPS) is 14.4. The van der Waals surface area contributed by atoms with Crippen molar-refractivity contribution in [1.29, 1.82) is 0 Å². The predicted octanol–water partition coefficient (Wildman–Crippen LogP) is 2.41. The lowest BCUT2D eigenvalue weighted by molar-refractivity contribution is 0.409. The lowest BCUT2D eigenvalue weighted by Crippen LogP contribution is -2.11. The molecule has 1 atom stereocenters. The summed E-state index contributed by atoms with van der Waals surface area (Å²) in [5.41, 5.74) is 0.291. The molecule has 3 nitrogen and oxygen atoms in total. The van der Waals surface area contributed by atoms with Crippen LogP contribution in [0.1, 0.15) is 43.8 Å². The minimum atomic E-state index is 0.291. The van der Waals surface area contributed by atoms with Crippen molar-refractivity contribution in [3.05, 3.63) is 10.0 Å². The zero-order valence-electron chi connectivity index (χ0n) is 9.59. The number of nitrogens with zero attached hydrogens (tertiary/aromatic N) is 2. The van der Waals surface area contributed by atoms with Crippen molar-refractivity contribution >= 4 is 11.3 Å². The van der Waals surface area contributed by atoms with E-state index in [4.69, 9.17) is 0 Å². The third-order valence-corrected chi connectivity index (χ3v) is 3.07. The molecule has 1 aromatic rings. The zero-order valence-corrected chi connectivity index (χ0v) is 10.4. The number of hydrogen-bond acceptors (Lipinski definition) is 4. The van der Waals surface area contributed by atoms with Gasteiger partial charge in [0.15, 0.2) is 0 Å². The standard InChI is InChI=1S/C10H19N3S/c1-7(11-5)9-13-12-8(14-9)6-10(2,3)4/h7,11H,6H2,1-5H3. The van der Waals surface area contributed by atoms with Gasteiger partial charge in [-0.3, -0.25) is 0 Å². The molecule has 0 aliphatic rings. The average molecular weight is 213 g/mol. The van der Waals surface area contributed by atoms with Gasteiger partial charge in [-0.1, -0.05) is 32.1 Å². The highest BCUT2D eigenvalue weighted by molar-refractivity contribution is 7.11. The van der Waals surface area contributed by atoms with Crippen molar-refractivity contribution in [2.24, 2.45) is 5.41 Å². The number of nitrogens with one attached hydrogen (secondary N) is 1. The Morgan fingerprint density at radius 3 is 2.50 bits per heavy atom. The summed E-state index contributed by atoms with van der Waals surface area (Å²) in [4.78, 5) is 0. The van der Waals surface area contributed by atoms with Crippen LogP contribution in [-0.2, 0) is 6.42 Å². The highest BCUT2D eigenvalue weighted by Crippen LogP contribution is 2.24. The zero-order chi connectivity index (χ0) is 10.8. The minimum Gasteiger partial charge on any atom is -0.311 e. The molecule has 0 saturated heterocycles. The van der Waals surface area contributed by atoms with Gasteiger partial charge in [-0.2, -0.15) is 0 Å².